The van der Waals surface area contributed by atoms with Gasteiger partial charge in [0, 0.05) is 18.7 Å². The van der Waals surface area contributed by atoms with Crippen molar-refractivity contribution in [1.29, 1.82) is 0 Å². The highest BCUT2D eigenvalue weighted by atomic mass is 32.2. The van der Waals surface area contributed by atoms with E-state index in [2.05, 4.69) is 5.32 Å². The zero-order valence-corrected chi connectivity index (χ0v) is 21.5. The molecular formula is C25H33F2N3O4S. The van der Waals surface area contributed by atoms with E-state index in [9.17, 15) is 26.8 Å². The molecule has 2 aromatic carbocycles. The summed E-state index contributed by atoms with van der Waals surface area (Å²) in [6, 6.07) is 9.07. The summed E-state index contributed by atoms with van der Waals surface area (Å²) in [5.74, 6) is -3.36. The molecule has 0 aliphatic carbocycles. The van der Waals surface area contributed by atoms with Crippen molar-refractivity contribution in [3.8, 4) is 0 Å². The third-order valence-electron chi connectivity index (χ3n) is 5.69. The second-order valence-electron chi connectivity index (χ2n) is 8.62. The summed E-state index contributed by atoms with van der Waals surface area (Å²) in [6.45, 7) is 6.84. The first-order valence-corrected chi connectivity index (χ1v) is 13.3. The molecule has 2 aromatic rings. The quantitative estimate of drug-likeness (QED) is 0.500. The number of sulfonamides is 1. The predicted octanol–water partition coefficient (Wildman–Crippen LogP) is 3.76. The van der Waals surface area contributed by atoms with E-state index in [4.69, 9.17) is 0 Å². The lowest BCUT2D eigenvalue weighted by atomic mass is 10.1. The summed E-state index contributed by atoms with van der Waals surface area (Å²) >= 11 is 0. The van der Waals surface area contributed by atoms with E-state index in [0.717, 1.165) is 35.6 Å². The highest BCUT2D eigenvalue weighted by molar-refractivity contribution is 7.92. The summed E-state index contributed by atoms with van der Waals surface area (Å²) in [7, 11) is -4.04. The number of amides is 2. The van der Waals surface area contributed by atoms with Crippen LogP contribution in [0.1, 0.15) is 44.7 Å². The third kappa shape index (κ3) is 7.74. The van der Waals surface area contributed by atoms with Crippen molar-refractivity contribution in [3.05, 3.63) is 65.2 Å². The van der Waals surface area contributed by atoms with Crippen LogP contribution in [-0.4, -0.2) is 50.0 Å². The summed E-state index contributed by atoms with van der Waals surface area (Å²) in [5.41, 5.74) is 1.55. The Morgan fingerprint density at radius 3 is 2.26 bits per heavy atom. The molecule has 0 aliphatic rings. The van der Waals surface area contributed by atoms with Gasteiger partial charge in [-0.1, -0.05) is 43.7 Å². The molecule has 7 nitrogen and oxygen atoms in total. The predicted molar refractivity (Wildman–Crippen MR) is 132 cm³/mol. The van der Waals surface area contributed by atoms with Crippen molar-refractivity contribution >= 4 is 27.5 Å². The minimum absolute atomic E-state index is 0.0718. The number of hydrogen-bond acceptors (Lipinski definition) is 4. The van der Waals surface area contributed by atoms with Gasteiger partial charge in [-0.25, -0.2) is 17.2 Å². The van der Waals surface area contributed by atoms with Crippen molar-refractivity contribution in [3.63, 3.8) is 0 Å². The lowest BCUT2D eigenvalue weighted by Crippen LogP contribution is -2.53. The molecule has 0 heterocycles. The molecule has 192 valence electrons. The second kappa shape index (κ2) is 12.1. The summed E-state index contributed by atoms with van der Waals surface area (Å²) in [4.78, 5) is 27.9. The van der Waals surface area contributed by atoms with Crippen LogP contribution in [0.15, 0.2) is 42.5 Å². The van der Waals surface area contributed by atoms with Gasteiger partial charge < -0.3 is 10.2 Å². The minimum Gasteiger partial charge on any atom is -0.352 e. The van der Waals surface area contributed by atoms with Crippen LogP contribution in [0.25, 0.3) is 0 Å². The second-order valence-corrected chi connectivity index (χ2v) is 10.5. The third-order valence-corrected chi connectivity index (χ3v) is 6.83. The maximum absolute atomic E-state index is 13.8. The van der Waals surface area contributed by atoms with Crippen LogP contribution < -0.4 is 9.62 Å². The summed E-state index contributed by atoms with van der Waals surface area (Å²) in [6.07, 6.45) is 1.87. The molecule has 2 amide bonds. The van der Waals surface area contributed by atoms with Gasteiger partial charge in [0.15, 0.2) is 11.6 Å². The number of carbonyl (C=O) groups excluding carboxylic acids is 2. The normalized spacial score (nSPS) is 13.1. The van der Waals surface area contributed by atoms with Crippen LogP contribution in [0.4, 0.5) is 14.5 Å². The van der Waals surface area contributed by atoms with Gasteiger partial charge in [0.2, 0.25) is 21.8 Å². The molecule has 0 saturated heterocycles. The molecule has 0 aromatic heterocycles. The Hall–Kier alpha value is -3.01. The smallest absolute Gasteiger partial charge is 0.244 e. The first kappa shape index (κ1) is 28.2. The lowest BCUT2D eigenvalue weighted by Gasteiger charge is -2.33. The lowest BCUT2D eigenvalue weighted by molar-refractivity contribution is -0.140. The number of nitrogens with zero attached hydrogens (tertiary/aromatic N) is 2. The summed E-state index contributed by atoms with van der Waals surface area (Å²) in [5, 5.41) is 2.89. The molecule has 2 rings (SSSR count). The molecule has 0 saturated carbocycles. The SMILES string of the molecule is CC[C@@H](C)NC(=O)[C@H](CC)N(Cc1cccc(C)c1)C(=O)CN(c1ccc(F)c(F)c1)S(C)(=O)=O. The average molecular weight is 510 g/mol. The van der Waals surface area contributed by atoms with Gasteiger partial charge in [-0.15, -0.1) is 0 Å². The molecule has 0 spiro atoms. The molecule has 1 N–H and O–H groups in total. The number of hydrogen-bond donors (Lipinski definition) is 1. The van der Waals surface area contributed by atoms with Gasteiger partial charge in [-0.05, 0) is 44.4 Å². The van der Waals surface area contributed by atoms with E-state index in [1.807, 2.05) is 45.0 Å². The average Bonchev–Trinajstić information content (AvgIpc) is 2.78. The van der Waals surface area contributed by atoms with E-state index in [-0.39, 0.29) is 24.2 Å². The van der Waals surface area contributed by atoms with Crippen LogP contribution in [0.5, 0.6) is 0 Å². The standard InChI is InChI=1S/C25H33F2N3O4S/c1-6-18(4)28-25(32)23(7-2)29(15-19-10-8-9-17(3)13-19)24(31)16-30(35(5,33)34)20-11-12-21(26)22(27)14-20/h8-14,18,23H,6-7,15-16H2,1-5H3,(H,28,32)/t18-,23+/m1/s1. The fourth-order valence-electron chi connectivity index (χ4n) is 3.62. The Labute approximate surface area is 206 Å². The first-order chi connectivity index (χ1) is 16.4. The van der Waals surface area contributed by atoms with Crippen LogP contribution in [-0.2, 0) is 26.2 Å². The zero-order chi connectivity index (χ0) is 26.3. The molecule has 2 atom stereocenters. The Balaban J connectivity index is 2.46. The van der Waals surface area contributed by atoms with Gasteiger partial charge in [0.1, 0.15) is 12.6 Å². The van der Waals surface area contributed by atoms with E-state index >= 15 is 0 Å². The van der Waals surface area contributed by atoms with E-state index in [1.165, 1.54) is 4.90 Å². The van der Waals surface area contributed by atoms with E-state index in [0.29, 0.717) is 17.1 Å². The first-order valence-electron chi connectivity index (χ1n) is 11.5. The monoisotopic (exact) mass is 509 g/mol. The van der Waals surface area contributed by atoms with E-state index in [1.54, 1.807) is 6.92 Å². The molecule has 0 radical (unpaired) electrons. The Kier molecular flexibility index (Phi) is 9.76. The molecule has 0 unspecified atom stereocenters. The van der Waals surface area contributed by atoms with Gasteiger partial charge in [0.25, 0.3) is 0 Å². The van der Waals surface area contributed by atoms with Crippen LogP contribution in [0.3, 0.4) is 0 Å². The van der Waals surface area contributed by atoms with Crippen molar-refractivity contribution in [2.75, 3.05) is 17.1 Å². The highest BCUT2D eigenvalue weighted by Crippen LogP contribution is 2.22. The number of benzene rings is 2. The molecule has 0 fully saturated rings. The zero-order valence-electron chi connectivity index (χ0n) is 20.7. The Morgan fingerprint density at radius 1 is 1.03 bits per heavy atom. The molecule has 10 heteroatoms. The highest BCUT2D eigenvalue weighted by Gasteiger charge is 2.32. The fraction of sp³-hybridized carbons (Fsp3) is 0.440. The van der Waals surface area contributed by atoms with Crippen molar-refractivity contribution < 1.29 is 26.8 Å². The molecule has 0 aliphatic heterocycles. The Morgan fingerprint density at radius 2 is 1.71 bits per heavy atom. The van der Waals surface area contributed by atoms with Crippen molar-refractivity contribution in [2.45, 2.75) is 59.2 Å². The maximum atomic E-state index is 13.8. The molecule has 35 heavy (non-hydrogen) atoms. The number of aryl methyl sites for hydroxylation is 1. The van der Waals surface area contributed by atoms with Crippen LogP contribution >= 0.6 is 0 Å². The fourth-order valence-corrected chi connectivity index (χ4v) is 4.46. The molecule has 0 bridgehead atoms. The summed E-state index contributed by atoms with van der Waals surface area (Å²) < 4.78 is 53.0. The topological polar surface area (TPSA) is 86.8 Å². The van der Waals surface area contributed by atoms with Gasteiger partial charge >= 0.3 is 0 Å². The van der Waals surface area contributed by atoms with E-state index < -0.39 is 40.2 Å². The van der Waals surface area contributed by atoms with Gasteiger partial charge in [-0.3, -0.25) is 13.9 Å². The van der Waals surface area contributed by atoms with Crippen LogP contribution in [0, 0.1) is 18.6 Å². The van der Waals surface area contributed by atoms with Gasteiger partial charge in [-0.2, -0.15) is 0 Å². The minimum atomic E-state index is -4.04. The number of halogens is 2. The number of carbonyl (C=O) groups is 2. The van der Waals surface area contributed by atoms with Crippen molar-refractivity contribution in [1.82, 2.24) is 10.2 Å². The maximum Gasteiger partial charge on any atom is 0.244 e. The molecular weight excluding hydrogens is 476 g/mol. The van der Waals surface area contributed by atoms with Crippen molar-refractivity contribution in [2.24, 2.45) is 0 Å². The van der Waals surface area contributed by atoms with Crippen LogP contribution in [0.2, 0.25) is 0 Å². The number of anilines is 1. The Bertz CT molecular complexity index is 1160. The number of nitrogens with one attached hydrogen (secondary N) is 1. The largest absolute Gasteiger partial charge is 0.352 e. The number of rotatable bonds is 11. The van der Waals surface area contributed by atoms with Gasteiger partial charge in [0.05, 0.1) is 11.9 Å².